The van der Waals surface area contributed by atoms with Crippen molar-refractivity contribution in [2.75, 3.05) is 5.75 Å². The molecule has 6 N–H and O–H groups in total. The summed E-state index contributed by atoms with van der Waals surface area (Å²) in [4.78, 5) is 20.8. The highest BCUT2D eigenvalue weighted by atomic mass is 127. The van der Waals surface area contributed by atoms with Crippen LogP contribution < -0.4 is 11.5 Å². The van der Waals surface area contributed by atoms with E-state index in [-0.39, 0.29) is 9.01 Å². The molecule has 0 fully saturated rings. The van der Waals surface area contributed by atoms with Gasteiger partial charge in [-0.3, -0.25) is 9.59 Å². The van der Waals surface area contributed by atoms with E-state index in [1.165, 1.54) is 21.6 Å². The summed E-state index contributed by atoms with van der Waals surface area (Å²) in [7, 11) is 2.42. The van der Waals surface area contributed by atoms with Gasteiger partial charge in [0.25, 0.3) is 0 Å². The van der Waals surface area contributed by atoms with Crippen LogP contribution in [0.2, 0.25) is 0 Å². The van der Waals surface area contributed by atoms with Gasteiger partial charge in [-0.1, -0.05) is 44.2 Å². The topological polar surface area (TPSA) is 127 Å². The summed E-state index contributed by atoms with van der Waals surface area (Å²) >= 11 is 1.89. The van der Waals surface area contributed by atoms with Crippen molar-refractivity contribution in [3.8, 4) is 0 Å². The van der Waals surface area contributed by atoms with Crippen molar-refractivity contribution in [2.24, 2.45) is 11.5 Å². The maximum atomic E-state index is 10.5. The van der Waals surface area contributed by atoms with Crippen LogP contribution in [0.25, 0.3) is 0 Å². The Kier molecular flexibility index (Phi) is 7.69. The Hall–Kier alpha value is 0.290. The van der Waals surface area contributed by atoms with E-state index in [9.17, 15) is 9.59 Å². The van der Waals surface area contributed by atoms with Crippen molar-refractivity contribution < 1.29 is 19.8 Å². The fourth-order valence-corrected chi connectivity index (χ4v) is 4.21. The summed E-state index contributed by atoms with van der Waals surface area (Å²) in [5, 5.41) is 17.1. The van der Waals surface area contributed by atoms with Crippen LogP contribution in [0, 0.1) is 0 Å². The second-order valence-electron chi connectivity index (χ2n) is 2.54. The van der Waals surface area contributed by atoms with Gasteiger partial charge in [-0.15, -0.1) is 0 Å². The summed E-state index contributed by atoms with van der Waals surface area (Å²) in [6.45, 7) is 0. The first kappa shape index (κ1) is 15.3. The predicted molar refractivity (Wildman–Crippen MR) is 69.1 cm³/mol. The Balaban J connectivity index is 3.77. The van der Waals surface area contributed by atoms with Gasteiger partial charge in [-0.2, -0.15) is 0 Å². The number of carboxylic acid groups (broad SMARTS) is 2. The van der Waals surface area contributed by atoms with Gasteiger partial charge in [0.05, 0.1) is 3.26 Å². The fraction of sp³-hybridized carbons (Fsp3) is 0.667. The number of aliphatic carboxylic acids is 2. The molecule has 6 nitrogen and oxygen atoms in total. The third-order valence-corrected chi connectivity index (χ3v) is 6.41. The van der Waals surface area contributed by atoms with E-state index in [4.69, 9.17) is 21.7 Å². The van der Waals surface area contributed by atoms with Crippen LogP contribution in [-0.2, 0) is 9.59 Å². The first-order valence-corrected chi connectivity index (χ1v) is 7.38. The molecule has 0 amide bonds. The number of alkyl halides is 1. The molecule has 88 valence electrons. The van der Waals surface area contributed by atoms with Crippen molar-refractivity contribution in [3.05, 3.63) is 0 Å². The Morgan fingerprint density at radius 1 is 1.27 bits per heavy atom. The average Bonchev–Trinajstić information content (AvgIpc) is 2.15. The zero-order chi connectivity index (χ0) is 12.0. The van der Waals surface area contributed by atoms with Gasteiger partial charge in [0.15, 0.2) is 0 Å². The highest BCUT2D eigenvalue weighted by molar-refractivity contribution is 14.1. The second-order valence-corrected chi connectivity index (χ2v) is 7.28. The van der Waals surface area contributed by atoms with Crippen molar-refractivity contribution in [2.45, 2.75) is 15.3 Å². The zero-order valence-electron chi connectivity index (χ0n) is 7.50. The van der Waals surface area contributed by atoms with Crippen LogP contribution in [0.1, 0.15) is 0 Å². The van der Waals surface area contributed by atoms with Crippen LogP contribution >= 0.6 is 44.2 Å². The lowest BCUT2D eigenvalue weighted by Crippen LogP contribution is -2.37. The summed E-state index contributed by atoms with van der Waals surface area (Å²) in [5.74, 6) is -1.94. The minimum Gasteiger partial charge on any atom is -0.480 e. The molecule has 15 heavy (non-hydrogen) atoms. The van der Waals surface area contributed by atoms with Crippen LogP contribution in [0.4, 0.5) is 0 Å². The Morgan fingerprint density at radius 2 is 1.80 bits per heavy atom. The first-order chi connectivity index (χ1) is 6.86. The number of hydrogen-bond donors (Lipinski definition) is 4. The molecule has 0 aliphatic rings. The molecule has 0 spiro atoms. The molecular weight excluding hydrogens is 355 g/mol. The molecule has 3 unspecified atom stereocenters. The smallest absolute Gasteiger partial charge is 0.322 e. The van der Waals surface area contributed by atoms with Gasteiger partial charge in [-0.25, -0.2) is 0 Å². The van der Waals surface area contributed by atoms with Crippen LogP contribution in [-0.4, -0.2) is 43.2 Å². The summed E-state index contributed by atoms with van der Waals surface area (Å²) in [6, 6.07) is -1.91. The van der Waals surface area contributed by atoms with Gasteiger partial charge < -0.3 is 21.7 Å². The van der Waals surface area contributed by atoms with Crippen molar-refractivity contribution in [1.29, 1.82) is 0 Å². The molecule has 0 aromatic rings. The first-order valence-electron chi connectivity index (χ1n) is 3.75. The lowest BCUT2D eigenvalue weighted by molar-refractivity contribution is -0.138. The Morgan fingerprint density at radius 3 is 2.20 bits per heavy atom. The Bertz CT molecular complexity index is 243. The molecule has 0 aromatic heterocycles. The third kappa shape index (κ3) is 6.45. The molecular formula is C6H11IN2O4S2. The van der Waals surface area contributed by atoms with Gasteiger partial charge in [0, 0.05) is 5.75 Å². The maximum absolute atomic E-state index is 10.5. The number of hydrogen-bond acceptors (Lipinski definition) is 6. The number of rotatable bonds is 7. The molecule has 0 aliphatic heterocycles. The maximum Gasteiger partial charge on any atom is 0.322 e. The summed E-state index contributed by atoms with van der Waals surface area (Å²) < 4.78 is -0.328. The number of halogens is 1. The highest BCUT2D eigenvalue weighted by Crippen LogP contribution is 2.32. The summed E-state index contributed by atoms with van der Waals surface area (Å²) in [6.07, 6.45) is 0. The molecule has 0 radical (unpaired) electrons. The third-order valence-electron chi connectivity index (χ3n) is 1.29. The molecule has 0 saturated carbocycles. The quantitative estimate of drug-likeness (QED) is 0.281. The SMILES string of the molecule is NC(CSSC(I)C(N)C(=O)O)C(=O)O. The van der Waals surface area contributed by atoms with E-state index >= 15 is 0 Å². The van der Waals surface area contributed by atoms with Gasteiger partial charge in [0.2, 0.25) is 0 Å². The molecule has 0 saturated heterocycles. The highest BCUT2D eigenvalue weighted by Gasteiger charge is 2.23. The molecule has 0 heterocycles. The van der Waals surface area contributed by atoms with Crippen molar-refractivity contribution in [1.82, 2.24) is 0 Å². The van der Waals surface area contributed by atoms with E-state index in [1.807, 2.05) is 22.6 Å². The van der Waals surface area contributed by atoms with E-state index in [1.54, 1.807) is 0 Å². The standard InChI is InChI=1S/C6H11IN2O4S2/c7-4(3(9)6(12)13)15-14-1-2(8)5(10)11/h2-4H,1,8-9H2,(H,10,11)(H,12,13). The monoisotopic (exact) mass is 366 g/mol. The lowest BCUT2D eigenvalue weighted by Gasteiger charge is -2.13. The Labute approximate surface area is 108 Å². The van der Waals surface area contributed by atoms with E-state index in [0.717, 1.165) is 0 Å². The van der Waals surface area contributed by atoms with Gasteiger partial charge >= 0.3 is 11.9 Å². The molecule has 9 heteroatoms. The second kappa shape index (κ2) is 7.54. The number of nitrogens with two attached hydrogens (primary N) is 2. The molecule has 3 atom stereocenters. The minimum absolute atomic E-state index is 0.214. The summed E-state index contributed by atoms with van der Waals surface area (Å²) in [5.41, 5.74) is 10.6. The largest absolute Gasteiger partial charge is 0.480 e. The van der Waals surface area contributed by atoms with Crippen LogP contribution in [0.15, 0.2) is 0 Å². The van der Waals surface area contributed by atoms with Crippen LogP contribution in [0.5, 0.6) is 0 Å². The van der Waals surface area contributed by atoms with Crippen molar-refractivity contribution >= 4 is 56.1 Å². The zero-order valence-corrected chi connectivity index (χ0v) is 11.3. The fourth-order valence-electron chi connectivity index (χ4n) is 0.421. The lowest BCUT2D eigenvalue weighted by atomic mass is 10.4. The van der Waals surface area contributed by atoms with Crippen LogP contribution in [0.3, 0.4) is 0 Å². The van der Waals surface area contributed by atoms with E-state index in [0.29, 0.717) is 0 Å². The van der Waals surface area contributed by atoms with E-state index < -0.39 is 24.0 Å². The molecule has 0 bridgehead atoms. The number of carbonyl (C=O) groups is 2. The van der Waals surface area contributed by atoms with E-state index in [2.05, 4.69) is 0 Å². The predicted octanol–water partition coefficient (Wildman–Crippen LogP) is -0.0473. The average molecular weight is 366 g/mol. The van der Waals surface area contributed by atoms with Gasteiger partial charge in [-0.05, 0) is 0 Å². The molecule has 0 aliphatic carbocycles. The minimum atomic E-state index is -1.08. The molecule has 0 rings (SSSR count). The van der Waals surface area contributed by atoms with Crippen molar-refractivity contribution in [3.63, 3.8) is 0 Å². The van der Waals surface area contributed by atoms with Gasteiger partial charge in [0.1, 0.15) is 12.1 Å². The molecule has 0 aromatic carbocycles. The number of carboxylic acids is 2. The normalized spacial score (nSPS) is 16.7.